The lowest BCUT2D eigenvalue weighted by Crippen LogP contribution is -2.18. The van der Waals surface area contributed by atoms with Crippen molar-refractivity contribution in [2.24, 2.45) is 0 Å². The molecule has 0 aliphatic heterocycles. The lowest BCUT2D eigenvalue weighted by molar-refractivity contribution is 0.105. The minimum atomic E-state index is -0.208. The maximum Gasteiger partial charge on any atom is 0.250 e. The molecule has 0 amide bonds. The summed E-state index contributed by atoms with van der Waals surface area (Å²) in [4.78, 5) is 28.9. The van der Waals surface area contributed by atoms with E-state index < -0.39 is 0 Å². The Morgan fingerprint density at radius 3 is 2.53 bits per heavy atom. The Kier molecular flexibility index (Phi) is 6.91. The Labute approximate surface area is 211 Å². The minimum absolute atomic E-state index is 0.0150. The molecule has 4 heteroatoms. The normalized spacial score (nSPS) is 12.6. The zero-order chi connectivity index (χ0) is 24.9. The van der Waals surface area contributed by atoms with Gasteiger partial charge in [0.2, 0.25) is 5.78 Å². The third-order valence-electron chi connectivity index (χ3n) is 6.64. The number of carbonyl (C=O) groups excluding carboxylic acids is 1. The Morgan fingerprint density at radius 2 is 1.78 bits per heavy atom. The average Bonchev–Trinajstić information content (AvgIpc) is 3.73. The van der Waals surface area contributed by atoms with Crippen molar-refractivity contribution in [3.05, 3.63) is 135 Å². The van der Waals surface area contributed by atoms with E-state index in [1.807, 2.05) is 24.3 Å². The zero-order valence-corrected chi connectivity index (χ0v) is 20.4. The van der Waals surface area contributed by atoms with Crippen LogP contribution >= 0.6 is 0 Å². The van der Waals surface area contributed by atoms with Gasteiger partial charge in [0.05, 0.1) is 6.54 Å². The van der Waals surface area contributed by atoms with Gasteiger partial charge in [0, 0.05) is 36.6 Å². The summed E-state index contributed by atoms with van der Waals surface area (Å²) in [6.07, 6.45) is 8.98. The van der Waals surface area contributed by atoms with Crippen LogP contribution in [0.15, 0.2) is 90.1 Å². The largest absolute Gasteiger partial charge is 0.311 e. The van der Waals surface area contributed by atoms with Crippen molar-refractivity contribution in [2.45, 2.75) is 45.1 Å². The van der Waals surface area contributed by atoms with Crippen LogP contribution < -0.4 is 5.56 Å². The SMILES string of the molecule is Cc1cc(C2CC2)ccc1CC#CC(=O)c1cncc(Cc2ccc(Cn3ccccc3=O)cc2)c1. The maximum atomic E-state index is 12.7. The van der Waals surface area contributed by atoms with Crippen LogP contribution in [0.1, 0.15) is 62.5 Å². The van der Waals surface area contributed by atoms with Crippen LogP contribution in [-0.2, 0) is 19.4 Å². The molecule has 1 saturated carbocycles. The highest BCUT2D eigenvalue weighted by Crippen LogP contribution is 2.40. The standard InChI is InChI=1S/C32H28N2O2/c1-23-17-29(28-13-14-28)15-12-27(23)5-4-6-31(35)30-19-26(20-33-21-30)18-24-8-10-25(11-9-24)22-34-16-3-2-7-32(34)36/h2-3,7-12,15-17,19-21,28H,5,13-14,18,22H2,1H3. The second-order valence-corrected chi connectivity index (χ2v) is 9.51. The van der Waals surface area contributed by atoms with E-state index in [0.29, 0.717) is 24.9 Å². The van der Waals surface area contributed by atoms with Crippen molar-refractivity contribution in [2.75, 3.05) is 0 Å². The number of rotatable bonds is 7. The highest BCUT2D eigenvalue weighted by atomic mass is 16.1. The summed E-state index contributed by atoms with van der Waals surface area (Å²) in [7, 11) is 0. The van der Waals surface area contributed by atoms with Crippen molar-refractivity contribution in [1.82, 2.24) is 9.55 Å². The Balaban J connectivity index is 1.21. The highest BCUT2D eigenvalue weighted by molar-refractivity contribution is 6.08. The first-order valence-corrected chi connectivity index (χ1v) is 12.3. The summed E-state index contributed by atoms with van der Waals surface area (Å²) in [5, 5.41) is 0. The van der Waals surface area contributed by atoms with E-state index in [1.165, 1.54) is 29.5 Å². The number of benzene rings is 2. The van der Waals surface area contributed by atoms with Crippen LogP contribution in [0.5, 0.6) is 0 Å². The van der Waals surface area contributed by atoms with Crippen LogP contribution in [0.3, 0.4) is 0 Å². The molecule has 0 saturated heterocycles. The van der Waals surface area contributed by atoms with Crippen molar-refractivity contribution in [3.8, 4) is 11.8 Å². The van der Waals surface area contributed by atoms with Crippen LogP contribution in [0.2, 0.25) is 0 Å². The van der Waals surface area contributed by atoms with Gasteiger partial charge in [-0.15, -0.1) is 0 Å². The van der Waals surface area contributed by atoms with E-state index in [0.717, 1.165) is 22.6 Å². The quantitative estimate of drug-likeness (QED) is 0.203. The fraction of sp³-hybridized carbons (Fsp3) is 0.219. The molecule has 2 aromatic carbocycles. The summed E-state index contributed by atoms with van der Waals surface area (Å²) in [6.45, 7) is 2.65. The predicted molar refractivity (Wildman–Crippen MR) is 142 cm³/mol. The molecule has 4 aromatic rings. The molecule has 0 unspecified atom stereocenters. The Bertz CT molecular complexity index is 1520. The zero-order valence-electron chi connectivity index (χ0n) is 20.4. The molecule has 1 fully saturated rings. The Morgan fingerprint density at radius 1 is 0.972 bits per heavy atom. The predicted octanol–water partition coefficient (Wildman–Crippen LogP) is 5.50. The van der Waals surface area contributed by atoms with E-state index >= 15 is 0 Å². The molecule has 0 N–H and O–H groups in total. The summed E-state index contributed by atoms with van der Waals surface area (Å²) in [5.74, 6) is 6.38. The van der Waals surface area contributed by atoms with Gasteiger partial charge < -0.3 is 4.57 Å². The molecule has 2 aromatic heterocycles. The number of ketones is 1. The second kappa shape index (κ2) is 10.6. The molecule has 0 radical (unpaired) electrons. The van der Waals surface area contributed by atoms with Crippen LogP contribution in [0.4, 0.5) is 0 Å². The highest BCUT2D eigenvalue weighted by Gasteiger charge is 2.23. The molecular formula is C32H28N2O2. The van der Waals surface area contributed by atoms with Crippen molar-refractivity contribution >= 4 is 5.78 Å². The van der Waals surface area contributed by atoms with E-state index in [-0.39, 0.29) is 11.3 Å². The molecule has 36 heavy (non-hydrogen) atoms. The third-order valence-corrected chi connectivity index (χ3v) is 6.64. The van der Waals surface area contributed by atoms with Gasteiger partial charge in [0.1, 0.15) is 0 Å². The number of hydrogen-bond donors (Lipinski definition) is 0. The third kappa shape index (κ3) is 5.87. The smallest absolute Gasteiger partial charge is 0.250 e. The van der Waals surface area contributed by atoms with Crippen molar-refractivity contribution < 1.29 is 4.79 Å². The fourth-order valence-electron chi connectivity index (χ4n) is 4.37. The van der Waals surface area contributed by atoms with Gasteiger partial charge in [-0.1, -0.05) is 54.5 Å². The molecule has 5 rings (SSSR count). The number of carbonyl (C=O) groups is 1. The van der Waals surface area contributed by atoms with Gasteiger partial charge in [0.15, 0.2) is 0 Å². The number of aromatic nitrogens is 2. The molecular weight excluding hydrogens is 444 g/mol. The van der Waals surface area contributed by atoms with Gasteiger partial charge in [-0.3, -0.25) is 14.6 Å². The minimum Gasteiger partial charge on any atom is -0.311 e. The fourth-order valence-corrected chi connectivity index (χ4v) is 4.37. The van der Waals surface area contributed by atoms with Crippen LogP contribution in [0.25, 0.3) is 0 Å². The number of aryl methyl sites for hydroxylation is 1. The monoisotopic (exact) mass is 472 g/mol. The number of Topliss-reactive ketones (excluding diaryl/α,β-unsaturated/α-hetero) is 1. The lowest BCUT2D eigenvalue weighted by atomic mass is 10.0. The number of pyridine rings is 2. The first-order chi connectivity index (χ1) is 17.5. The van der Waals surface area contributed by atoms with Gasteiger partial charge >= 0.3 is 0 Å². The summed E-state index contributed by atoms with van der Waals surface area (Å²) >= 11 is 0. The van der Waals surface area contributed by atoms with Crippen LogP contribution in [-0.4, -0.2) is 15.3 Å². The van der Waals surface area contributed by atoms with E-state index in [1.54, 1.807) is 35.3 Å². The molecule has 0 bridgehead atoms. The van der Waals surface area contributed by atoms with Gasteiger partial charge in [-0.05, 0) is 83.5 Å². The van der Waals surface area contributed by atoms with Crippen LogP contribution in [0, 0.1) is 18.8 Å². The molecule has 1 aliphatic rings. The molecule has 0 atom stereocenters. The second-order valence-electron chi connectivity index (χ2n) is 9.51. The molecule has 0 spiro atoms. The lowest BCUT2D eigenvalue weighted by Gasteiger charge is -2.07. The molecule has 4 nitrogen and oxygen atoms in total. The van der Waals surface area contributed by atoms with Crippen molar-refractivity contribution in [3.63, 3.8) is 0 Å². The number of hydrogen-bond acceptors (Lipinski definition) is 3. The summed E-state index contributed by atoms with van der Waals surface area (Å²) < 4.78 is 1.68. The first-order valence-electron chi connectivity index (χ1n) is 12.3. The topological polar surface area (TPSA) is 52.0 Å². The van der Waals surface area contributed by atoms with Gasteiger partial charge in [-0.25, -0.2) is 0 Å². The molecule has 2 heterocycles. The molecule has 178 valence electrons. The van der Waals surface area contributed by atoms with Gasteiger partial charge in [0.25, 0.3) is 5.56 Å². The number of nitrogens with zero attached hydrogens (tertiary/aromatic N) is 2. The first kappa shape index (κ1) is 23.5. The maximum absolute atomic E-state index is 12.7. The van der Waals surface area contributed by atoms with E-state index in [9.17, 15) is 9.59 Å². The van der Waals surface area contributed by atoms with Crippen molar-refractivity contribution in [1.29, 1.82) is 0 Å². The van der Waals surface area contributed by atoms with E-state index in [4.69, 9.17) is 0 Å². The summed E-state index contributed by atoms with van der Waals surface area (Å²) in [5.41, 5.74) is 7.47. The average molecular weight is 473 g/mol. The summed E-state index contributed by atoms with van der Waals surface area (Å²) in [6, 6.07) is 21.8. The van der Waals surface area contributed by atoms with Gasteiger partial charge in [-0.2, -0.15) is 0 Å². The molecule has 1 aliphatic carbocycles. The van der Waals surface area contributed by atoms with E-state index in [2.05, 4.69) is 54.1 Å². The Hall–Kier alpha value is -4.23.